The molecule has 1 N–H and O–H groups in total. The van der Waals surface area contributed by atoms with Gasteiger partial charge in [0.2, 0.25) is 5.91 Å². The quantitative estimate of drug-likeness (QED) is 0.825. The average Bonchev–Trinajstić information content (AvgIpc) is 2.49. The zero-order chi connectivity index (χ0) is 15.0. The Balaban J connectivity index is 1.75. The summed E-state index contributed by atoms with van der Waals surface area (Å²) in [4.78, 5) is 25.9. The Bertz CT molecular complexity index is 593. The van der Waals surface area contributed by atoms with E-state index in [1.807, 2.05) is 17.0 Å². The summed E-state index contributed by atoms with van der Waals surface area (Å²) < 4.78 is 0.731. The van der Waals surface area contributed by atoms with E-state index in [9.17, 15) is 9.59 Å². The molecule has 2 amide bonds. The molecule has 2 saturated heterocycles. The maximum Gasteiger partial charge on any atom is 0.255 e. The summed E-state index contributed by atoms with van der Waals surface area (Å²) in [6, 6.07) is 5.61. The van der Waals surface area contributed by atoms with E-state index in [2.05, 4.69) is 21.2 Å². The van der Waals surface area contributed by atoms with Gasteiger partial charge in [-0.3, -0.25) is 9.59 Å². The van der Waals surface area contributed by atoms with Crippen LogP contribution in [-0.4, -0.2) is 35.8 Å². The van der Waals surface area contributed by atoms with Crippen LogP contribution >= 0.6 is 27.5 Å². The molecule has 0 bridgehead atoms. The molecule has 0 spiro atoms. The van der Waals surface area contributed by atoms with Gasteiger partial charge in [-0.1, -0.05) is 17.7 Å². The van der Waals surface area contributed by atoms with Crippen LogP contribution in [0.1, 0.15) is 29.6 Å². The first kappa shape index (κ1) is 14.9. The average molecular weight is 372 g/mol. The lowest BCUT2D eigenvalue weighted by Gasteiger charge is -2.41. The molecule has 2 aliphatic heterocycles. The lowest BCUT2D eigenvalue weighted by Crippen LogP contribution is -2.55. The lowest BCUT2D eigenvalue weighted by atomic mass is 9.85. The number of hydrogen-bond donors (Lipinski definition) is 1. The van der Waals surface area contributed by atoms with Crippen molar-refractivity contribution in [2.24, 2.45) is 5.92 Å². The Morgan fingerprint density at radius 3 is 3.00 bits per heavy atom. The predicted octanol–water partition coefficient (Wildman–Crippen LogP) is 2.84. The second-order valence-corrected chi connectivity index (χ2v) is 6.85. The highest BCUT2D eigenvalue weighted by Crippen LogP contribution is 2.30. The highest BCUT2D eigenvalue weighted by Gasteiger charge is 2.35. The van der Waals surface area contributed by atoms with E-state index >= 15 is 0 Å². The first-order valence-corrected chi connectivity index (χ1v) is 8.26. The standard InChI is InChI=1S/C15H16BrClN2O2/c16-11-3-1-2-10(14(11)17)15(21)19-7-6-12-9(8-19)4-5-13(20)18-12/h1-3,9,12H,4-8H2,(H,18,20). The van der Waals surface area contributed by atoms with E-state index < -0.39 is 0 Å². The zero-order valence-electron chi connectivity index (χ0n) is 11.4. The summed E-state index contributed by atoms with van der Waals surface area (Å²) in [7, 11) is 0. The lowest BCUT2D eigenvalue weighted by molar-refractivity contribution is -0.125. The van der Waals surface area contributed by atoms with Gasteiger partial charge in [-0.25, -0.2) is 0 Å². The minimum atomic E-state index is -0.0309. The fourth-order valence-electron chi connectivity index (χ4n) is 3.13. The second kappa shape index (κ2) is 5.97. The molecular formula is C15H16BrClN2O2. The maximum absolute atomic E-state index is 12.6. The van der Waals surface area contributed by atoms with E-state index in [-0.39, 0.29) is 17.9 Å². The van der Waals surface area contributed by atoms with Crippen LogP contribution in [0.15, 0.2) is 22.7 Å². The highest BCUT2D eigenvalue weighted by atomic mass is 79.9. The van der Waals surface area contributed by atoms with Gasteiger partial charge in [0.1, 0.15) is 0 Å². The monoisotopic (exact) mass is 370 g/mol. The number of amides is 2. The minimum Gasteiger partial charge on any atom is -0.353 e. The third-order valence-electron chi connectivity index (χ3n) is 4.29. The molecule has 4 nitrogen and oxygen atoms in total. The van der Waals surface area contributed by atoms with Gasteiger partial charge in [-0.15, -0.1) is 0 Å². The Hall–Kier alpha value is -1.07. The van der Waals surface area contributed by atoms with Crippen LogP contribution in [0.4, 0.5) is 0 Å². The molecule has 2 fully saturated rings. The third-order valence-corrected chi connectivity index (χ3v) is 5.59. The molecule has 2 heterocycles. The maximum atomic E-state index is 12.6. The van der Waals surface area contributed by atoms with Gasteiger partial charge in [0.15, 0.2) is 0 Å². The third kappa shape index (κ3) is 2.94. The molecule has 0 radical (unpaired) electrons. The van der Waals surface area contributed by atoms with Crippen molar-refractivity contribution in [3.05, 3.63) is 33.3 Å². The van der Waals surface area contributed by atoms with Gasteiger partial charge in [-0.05, 0) is 46.8 Å². The van der Waals surface area contributed by atoms with Crippen LogP contribution < -0.4 is 5.32 Å². The summed E-state index contributed by atoms with van der Waals surface area (Å²) in [5.41, 5.74) is 0.532. The number of carbonyl (C=O) groups excluding carboxylic acids is 2. The molecular weight excluding hydrogens is 356 g/mol. The topological polar surface area (TPSA) is 49.4 Å². The van der Waals surface area contributed by atoms with Crippen molar-refractivity contribution in [2.45, 2.75) is 25.3 Å². The number of halogens is 2. The first-order chi connectivity index (χ1) is 10.1. The number of benzene rings is 1. The van der Waals surface area contributed by atoms with Gasteiger partial charge in [-0.2, -0.15) is 0 Å². The summed E-state index contributed by atoms with van der Waals surface area (Å²) in [5, 5.41) is 3.49. The molecule has 1 aromatic rings. The Kier molecular flexibility index (Phi) is 4.22. The summed E-state index contributed by atoms with van der Waals surface area (Å²) in [6.45, 7) is 1.34. The van der Waals surface area contributed by atoms with Crippen molar-refractivity contribution in [1.82, 2.24) is 10.2 Å². The predicted molar refractivity (Wildman–Crippen MR) is 84.3 cm³/mol. The molecule has 0 aromatic heterocycles. The molecule has 2 unspecified atom stereocenters. The molecule has 2 atom stereocenters. The number of nitrogens with one attached hydrogen (secondary N) is 1. The summed E-state index contributed by atoms with van der Waals surface area (Å²) in [6.07, 6.45) is 2.22. The van der Waals surface area contributed by atoms with Gasteiger partial charge >= 0.3 is 0 Å². The van der Waals surface area contributed by atoms with Crippen LogP contribution in [0.5, 0.6) is 0 Å². The van der Waals surface area contributed by atoms with Crippen LogP contribution in [0.3, 0.4) is 0 Å². The number of fused-ring (bicyclic) bond motifs is 1. The van der Waals surface area contributed by atoms with E-state index in [0.717, 1.165) is 17.3 Å². The van der Waals surface area contributed by atoms with Crippen molar-refractivity contribution in [2.75, 3.05) is 13.1 Å². The van der Waals surface area contributed by atoms with Crippen molar-refractivity contribution in [3.8, 4) is 0 Å². The summed E-state index contributed by atoms with van der Waals surface area (Å²) >= 11 is 9.56. The molecule has 0 saturated carbocycles. The minimum absolute atomic E-state index is 0.0309. The zero-order valence-corrected chi connectivity index (χ0v) is 13.8. The number of rotatable bonds is 1. The molecule has 1 aromatic carbocycles. The fourth-order valence-corrected chi connectivity index (χ4v) is 3.71. The fraction of sp³-hybridized carbons (Fsp3) is 0.467. The van der Waals surface area contributed by atoms with Crippen LogP contribution in [0.25, 0.3) is 0 Å². The van der Waals surface area contributed by atoms with E-state index in [4.69, 9.17) is 11.6 Å². The van der Waals surface area contributed by atoms with Crippen molar-refractivity contribution in [1.29, 1.82) is 0 Å². The van der Waals surface area contributed by atoms with Crippen LogP contribution in [0.2, 0.25) is 5.02 Å². The molecule has 6 heteroatoms. The van der Waals surface area contributed by atoms with Crippen LogP contribution in [0, 0.1) is 5.92 Å². The SMILES string of the molecule is O=C1CCC2CN(C(=O)c3cccc(Br)c3Cl)CCC2N1. The van der Waals surface area contributed by atoms with Gasteiger partial charge in [0, 0.05) is 30.0 Å². The van der Waals surface area contributed by atoms with Crippen LogP contribution in [-0.2, 0) is 4.79 Å². The van der Waals surface area contributed by atoms with Crippen molar-refractivity contribution >= 4 is 39.3 Å². The molecule has 112 valence electrons. The van der Waals surface area contributed by atoms with Crippen molar-refractivity contribution < 1.29 is 9.59 Å². The van der Waals surface area contributed by atoms with Gasteiger partial charge < -0.3 is 10.2 Å². The Morgan fingerprint density at radius 2 is 2.19 bits per heavy atom. The number of nitrogens with zero attached hydrogens (tertiary/aromatic N) is 1. The summed E-state index contributed by atoms with van der Waals surface area (Å²) in [5.74, 6) is 0.453. The Labute approximate surface area is 137 Å². The second-order valence-electron chi connectivity index (χ2n) is 5.61. The van der Waals surface area contributed by atoms with Gasteiger partial charge in [0.05, 0.1) is 10.6 Å². The van der Waals surface area contributed by atoms with E-state index in [1.165, 1.54) is 0 Å². The normalized spacial score (nSPS) is 25.2. The number of piperidine rings is 2. The van der Waals surface area contributed by atoms with Crippen molar-refractivity contribution in [3.63, 3.8) is 0 Å². The molecule has 21 heavy (non-hydrogen) atoms. The van der Waals surface area contributed by atoms with E-state index in [1.54, 1.807) is 6.07 Å². The number of hydrogen-bond acceptors (Lipinski definition) is 2. The first-order valence-electron chi connectivity index (χ1n) is 7.09. The largest absolute Gasteiger partial charge is 0.353 e. The molecule has 2 aliphatic rings. The highest BCUT2D eigenvalue weighted by molar-refractivity contribution is 9.10. The van der Waals surface area contributed by atoms with E-state index in [0.29, 0.717) is 36.0 Å². The van der Waals surface area contributed by atoms with Gasteiger partial charge in [0.25, 0.3) is 5.91 Å². The number of carbonyl (C=O) groups is 2. The molecule has 0 aliphatic carbocycles. The smallest absolute Gasteiger partial charge is 0.255 e. The Morgan fingerprint density at radius 1 is 1.38 bits per heavy atom. The molecule has 3 rings (SSSR count). The number of likely N-dealkylation sites (tertiary alicyclic amines) is 1.